The lowest BCUT2D eigenvalue weighted by Gasteiger charge is -2.22. The first-order valence-electron chi connectivity index (χ1n) is 3.72. The first kappa shape index (κ1) is 8.27. The van der Waals surface area contributed by atoms with Crippen LogP contribution in [-0.2, 0) is 6.42 Å². The molecule has 0 aliphatic heterocycles. The van der Waals surface area contributed by atoms with Crippen molar-refractivity contribution < 1.29 is 4.52 Å². The van der Waals surface area contributed by atoms with Gasteiger partial charge in [0.05, 0.1) is 5.69 Å². The predicted octanol–water partition coefficient (Wildman–Crippen LogP) is 1.22. The molecule has 0 saturated carbocycles. The molecule has 0 saturated heterocycles. The lowest BCUT2D eigenvalue weighted by Crippen LogP contribution is -2.38. The number of nitrogens with zero attached hydrogens (tertiary/aromatic N) is 1. The minimum Gasteiger partial charge on any atom is -0.365 e. The summed E-state index contributed by atoms with van der Waals surface area (Å²) in [6.07, 6.45) is 2.49. The molecule has 0 atom stereocenters. The fourth-order valence-corrected chi connectivity index (χ4v) is 0.870. The third kappa shape index (κ3) is 2.35. The molecule has 0 amide bonds. The Morgan fingerprint density at radius 2 is 2.36 bits per heavy atom. The Kier molecular flexibility index (Phi) is 2.29. The molecule has 0 spiro atoms. The number of hydrogen-bond donors (Lipinski definition) is 1. The Morgan fingerprint density at radius 1 is 1.64 bits per heavy atom. The Morgan fingerprint density at radius 3 is 2.82 bits per heavy atom. The molecule has 1 rings (SSSR count). The quantitative estimate of drug-likeness (QED) is 0.711. The van der Waals surface area contributed by atoms with E-state index < -0.39 is 0 Å². The Balaban J connectivity index is 2.56. The number of rotatable bonds is 3. The molecule has 62 valence electrons. The van der Waals surface area contributed by atoms with Gasteiger partial charge >= 0.3 is 0 Å². The fraction of sp³-hybridized carbons (Fsp3) is 0.625. The molecule has 11 heavy (non-hydrogen) atoms. The van der Waals surface area contributed by atoms with Gasteiger partial charge < -0.3 is 9.84 Å². The topological polar surface area (TPSA) is 38.1 Å². The van der Waals surface area contributed by atoms with E-state index in [-0.39, 0.29) is 5.54 Å². The highest BCUT2D eigenvalue weighted by atomic mass is 16.5. The minimum atomic E-state index is 0.0941. The van der Waals surface area contributed by atoms with Crippen LogP contribution in [0.3, 0.4) is 0 Å². The zero-order chi connectivity index (χ0) is 8.32. The van der Waals surface area contributed by atoms with Crippen molar-refractivity contribution in [2.45, 2.75) is 25.8 Å². The molecular weight excluding hydrogens is 140 g/mol. The monoisotopic (exact) mass is 154 g/mol. The molecule has 0 radical (unpaired) electrons. The summed E-state index contributed by atoms with van der Waals surface area (Å²) in [4.78, 5) is 0. The summed E-state index contributed by atoms with van der Waals surface area (Å²) in [5.41, 5.74) is 1.08. The third-order valence-electron chi connectivity index (χ3n) is 1.79. The van der Waals surface area contributed by atoms with E-state index in [0.717, 1.165) is 12.1 Å². The predicted molar refractivity (Wildman–Crippen MR) is 43.3 cm³/mol. The lowest BCUT2D eigenvalue weighted by molar-refractivity contribution is 0.380. The molecule has 1 heterocycles. The van der Waals surface area contributed by atoms with E-state index in [4.69, 9.17) is 4.52 Å². The Labute approximate surface area is 66.8 Å². The highest BCUT2D eigenvalue weighted by molar-refractivity contribution is 5.01. The summed E-state index contributed by atoms with van der Waals surface area (Å²) in [6, 6.07) is 1.89. The van der Waals surface area contributed by atoms with E-state index >= 15 is 0 Å². The first-order chi connectivity index (χ1) is 5.14. The summed E-state index contributed by atoms with van der Waals surface area (Å²) in [7, 11) is 1.94. The van der Waals surface area contributed by atoms with Crippen molar-refractivity contribution in [3.8, 4) is 0 Å². The smallest absolute Gasteiger partial charge is 0.124 e. The van der Waals surface area contributed by atoms with Crippen LogP contribution in [0.25, 0.3) is 0 Å². The largest absolute Gasteiger partial charge is 0.365 e. The van der Waals surface area contributed by atoms with Crippen molar-refractivity contribution >= 4 is 0 Å². The maximum absolute atomic E-state index is 4.73. The van der Waals surface area contributed by atoms with Gasteiger partial charge in [-0.3, -0.25) is 0 Å². The SMILES string of the molecule is CNC(C)(C)Cc1ccon1. The summed E-state index contributed by atoms with van der Waals surface area (Å²) < 4.78 is 4.73. The molecule has 0 aliphatic carbocycles. The zero-order valence-electron chi connectivity index (χ0n) is 7.22. The van der Waals surface area contributed by atoms with Crippen molar-refractivity contribution in [3.05, 3.63) is 18.0 Å². The average molecular weight is 154 g/mol. The van der Waals surface area contributed by atoms with Crippen molar-refractivity contribution in [1.82, 2.24) is 10.5 Å². The molecule has 0 bridgehead atoms. The van der Waals surface area contributed by atoms with Gasteiger partial charge in [0.1, 0.15) is 6.26 Å². The van der Waals surface area contributed by atoms with E-state index in [1.165, 1.54) is 0 Å². The summed E-state index contributed by atoms with van der Waals surface area (Å²) in [5, 5.41) is 7.03. The van der Waals surface area contributed by atoms with Crippen LogP contribution in [0.5, 0.6) is 0 Å². The van der Waals surface area contributed by atoms with E-state index in [0.29, 0.717) is 0 Å². The molecule has 0 fully saturated rings. The van der Waals surface area contributed by atoms with E-state index in [1.54, 1.807) is 6.26 Å². The molecule has 3 heteroatoms. The standard InChI is InChI=1S/C8H14N2O/c1-8(2,9-3)6-7-4-5-11-10-7/h4-5,9H,6H2,1-3H3. The van der Waals surface area contributed by atoms with Gasteiger partial charge in [0.15, 0.2) is 0 Å². The van der Waals surface area contributed by atoms with Crippen LogP contribution in [0.15, 0.2) is 16.9 Å². The van der Waals surface area contributed by atoms with E-state index in [1.807, 2.05) is 13.1 Å². The fourth-order valence-electron chi connectivity index (χ4n) is 0.870. The van der Waals surface area contributed by atoms with Crippen LogP contribution in [0.4, 0.5) is 0 Å². The van der Waals surface area contributed by atoms with Crippen molar-refractivity contribution in [2.75, 3.05) is 7.05 Å². The summed E-state index contributed by atoms with van der Waals surface area (Å²) in [5.74, 6) is 0. The molecule has 0 unspecified atom stereocenters. The normalized spacial score (nSPS) is 11.9. The van der Waals surface area contributed by atoms with Gasteiger partial charge in [-0.25, -0.2) is 0 Å². The maximum Gasteiger partial charge on any atom is 0.124 e. The molecule has 1 N–H and O–H groups in total. The van der Waals surface area contributed by atoms with Gasteiger partial charge in [-0.05, 0) is 20.9 Å². The Bertz CT molecular complexity index is 204. The molecular formula is C8H14N2O. The summed E-state index contributed by atoms with van der Waals surface area (Å²) >= 11 is 0. The van der Waals surface area contributed by atoms with Crippen molar-refractivity contribution in [1.29, 1.82) is 0 Å². The maximum atomic E-state index is 4.73. The van der Waals surface area contributed by atoms with E-state index in [9.17, 15) is 0 Å². The van der Waals surface area contributed by atoms with Gasteiger partial charge in [-0.2, -0.15) is 0 Å². The van der Waals surface area contributed by atoms with Crippen LogP contribution in [-0.4, -0.2) is 17.7 Å². The Hall–Kier alpha value is -0.830. The number of likely N-dealkylation sites (N-methyl/N-ethyl adjacent to an activating group) is 1. The van der Waals surface area contributed by atoms with Gasteiger partial charge in [0.25, 0.3) is 0 Å². The second kappa shape index (κ2) is 3.05. The first-order valence-corrected chi connectivity index (χ1v) is 3.72. The number of aromatic nitrogens is 1. The van der Waals surface area contributed by atoms with Crippen LogP contribution in [0, 0.1) is 0 Å². The van der Waals surface area contributed by atoms with Crippen molar-refractivity contribution in [2.24, 2.45) is 0 Å². The lowest BCUT2D eigenvalue weighted by atomic mass is 9.99. The molecule has 0 aliphatic rings. The van der Waals surface area contributed by atoms with Gasteiger partial charge in [-0.15, -0.1) is 0 Å². The highest BCUT2D eigenvalue weighted by Crippen LogP contribution is 2.09. The zero-order valence-corrected chi connectivity index (χ0v) is 7.22. The second-order valence-corrected chi connectivity index (χ2v) is 3.30. The van der Waals surface area contributed by atoms with E-state index in [2.05, 4.69) is 24.3 Å². The van der Waals surface area contributed by atoms with Crippen molar-refractivity contribution in [3.63, 3.8) is 0 Å². The molecule has 1 aromatic rings. The molecule has 3 nitrogen and oxygen atoms in total. The molecule has 1 aromatic heterocycles. The molecule has 0 aromatic carbocycles. The van der Waals surface area contributed by atoms with Gasteiger partial charge in [-0.1, -0.05) is 5.16 Å². The third-order valence-corrected chi connectivity index (χ3v) is 1.79. The average Bonchev–Trinajstić information content (AvgIpc) is 2.39. The van der Waals surface area contributed by atoms with Crippen LogP contribution >= 0.6 is 0 Å². The van der Waals surface area contributed by atoms with Crippen LogP contribution in [0.2, 0.25) is 0 Å². The minimum absolute atomic E-state index is 0.0941. The number of hydrogen-bond acceptors (Lipinski definition) is 3. The summed E-state index contributed by atoms with van der Waals surface area (Å²) in [6.45, 7) is 4.25. The highest BCUT2D eigenvalue weighted by Gasteiger charge is 2.16. The second-order valence-electron chi connectivity index (χ2n) is 3.30. The number of nitrogens with one attached hydrogen (secondary N) is 1. The van der Waals surface area contributed by atoms with Crippen LogP contribution in [0.1, 0.15) is 19.5 Å². The van der Waals surface area contributed by atoms with Gasteiger partial charge in [0.2, 0.25) is 0 Å². The van der Waals surface area contributed by atoms with Crippen LogP contribution < -0.4 is 5.32 Å². The van der Waals surface area contributed by atoms with Gasteiger partial charge in [0, 0.05) is 18.0 Å².